The number of esters is 2. The summed E-state index contributed by atoms with van der Waals surface area (Å²) in [6, 6.07) is 6.35. The quantitative estimate of drug-likeness (QED) is 0.363. The highest BCUT2D eigenvalue weighted by Gasteiger charge is 2.26. The van der Waals surface area contributed by atoms with Crippen molar-refractivity contribution in [2.75, 3.05) is 13.2 Å². The number of nitrogens with one attached hydrogen (secondary N) is 2. The SMILES string of the molecule is CC(C)CCOC(=O)[C@H]([NH3+])CCC(=O)N[C@H](Cc1c[nH]c2ccccc12)C(=O)OCCC(C)C. The van der Waals surface area contributed by atoms with Crippen molar-refractivity contribution in [2.45, 2.75) is 71.9 Å². The molecule has 8 heteroatoms. The Morgan fingerprint density at radius 3 is 2.21 bits per heavy atom. The van der Waals surface area contributed by atoms with Gasteiger partial charge in [0.05, 0.1) is 13.2 Å². The van der Waals surface area contributed by atoms with Gasteiger partial charge in [0, 0.05) is 36.4 Å². The molecule has 0 aliphatic heterocycles. The summed E-state index contributed by atoms with van der Waals surface area (Å²) in [6.07, 6.45) is 4.01. The number of aromatic amines is 1. The van der Waals surface area contributed by atoms with E-state index in [1.165, 1.54) is 0 Å². The normalized spacial score (nSPS) is 13.1. The number of amides is 1. The van der Waals surface area contributed by atoms with Gasteiger partial charge in [-0.3, -0.25) is 4.79 Å². The number of carbonyl (C=O) groups is 3. The molecule has 8 nitrogen and oxygen atoms in total. The van der Waals surface area contributed by atoms with Gasteiger partial charge in [-0.05, 0) is 36.3 Å². The molecule has 1 heterocycles. The van der Waals surface area contributed by atoms with Crippen molar-refractivity contribution in [3.8, 4) is 0 Å². The molecule has 2 atom stereocenters. The predicted octanol–water partition coefficient (Wildman–Crippen LogP) is 2.76. The van der Waals surface area contributed by atoms with Crippen molar-refractivity contribution in [3.63, 3.8) is 0 Å². The van der Waals surface area contributed by atoms with Crippen LogP contribution in [-0.2, 0) is 30.3 Å². The van der Waals surface area contributed by atoms with E-state index in [2.05, 4.69) is 43.7 Å². The Hall–Kier alpha value is -2.87. The number of ether oxygens (including phenoxy) is 2. The maximum atomic E-state index is 12.8. The minimum Gasteiger partial charge on any atom is -0.464 e. The Morgan fingerprint density at radius 2 is 1.56 bits per heavy atom. The third-order valence-electron chi connectivity index (χ3n) is 5.65. The first kappa shape index (κ1) is 27.4. The van der Waals surface area contributed by atoms with Crippen LogP contribution in [0.15, 0.2) is 30.5 Å². The highest BCUT2D eigenvalue weighted by molar-refractivity contribution is 5.87. The van der Waals surface area contributed by atoms with E-state index in [0.29, 0.717) is 31.5 Å². The van der Waals surface area contributed by atoms with Crippen molar-refractivity contribution in [3.05, 3.63) is 36.0 Å². The number of quaternary nitrogens is 1. The summed E-state index contributed by atoms with van der Waals surface area (Å²) in [6.45, 7) is 8.88. The van der Waals surface area contributed by atoms with Crippen LogP contribution in [-0.4, -0.2) is 48.1 Å². The first-order valence-electron chi connectivity index (χ1n) is 12.2. The van der Waals surface area contributed by atoms with Crippen LogP contribution in [0.25, 0.3) is 10.9 Å². The molecule has 1 amide bonds. The molecule has 188 valence electrons. The van der Waals surface area contributed by atoms with Crippen LogP contribution in [0, 0.1) is 11.8 Å². The fraction of sp³-hybridized carbons (Fsp3) is 0.577. The van der Waals surface area contributed by atoms with Crippen LogP contribution in [0.4, 0.5) is 0 Å². The maximum Gasteiger partial charge on any atom is 0.364 e. The minimum atomic E-state index is -0.819. The Bertz CT molecular complexity index is 937. The van der Waals surface area contributed by atoms with Gasteiger partial charge in [-0.1, -0.05) is 45.9 Å². The van der Waals surface area contributed by atoms with E-state index in [-0.39, 0.29) is 18.7 Å². The molecule has 0 radical (unpaired) electrons. The third kappa shape index (κ3) is 9.17. The lowest BCUT2D eigenvalue weighted by Gasteiger charge is -2.18. The Balaban J connectivity index is 1.96. The van der Waals surface area contributed by atoms with Gasteiger partial charge >= 0.3 is 11.9 Å². The van der Waals surface area contributed by atoms with E-state index in [4.69, 9.17) is 9.47 Å². The second-order valence-corrected chi connectivity index (χ2v) is 9.62. The first-order chi connectivity index (χ1) is 16.2. The van der Waals surface area contributed by atoms with Crippen molar-refractivity contribution in [1.82, 2.24) is 10.3 Å². The highest BCUT2D eigenvalue weighted by atomic mass is 16.5. The van der Waals surface area contributed by atoms with Crippen LogP contribution in [0.5, 0.6) is 0 Å². The third-order valence-corrected chi connectivity index (χ3v) is 5.65. The van der Waals surface area contributed by atoms with Gasteiger partial charge in [-0.15, -0.1) is 0 Å². The zero-order valence-electron chi connectivity index (χ0n) is 20.9. The van der Waals surface area contributed by atoms with Crippen LogP contribution >= 0.6 is 0 Å². The van der Waals surface area contributed by atoms with E-state index in [1.807, 2.05) is 30.5 Å². The van der Waals surface area contributed by atoms with E-state index in [9.17, 15) is 14.4 Å². The molecule has 0 saturated carbocycles. The van der Waals surface area contributed by atoms with Crippen LogP contribution in [0.2, 0.25) is 0 Å². The summed E-state index contributed by atoms with van der Waals surface area (Å²) in [5.41, 5.74) is 5.71. The Kier molecular flexibility index (Phi) is 11.1. The monoisotopic (exact) mass is 474 g/mol. The molecule has 5 N–H and O–H groups in total. The van der Waals surface area contributed by atoms with Gasteiger partial charge in [0.15, 0.2) is 6.04 Å². The minimum absolute atomic E-state index is 0.0666. The summed E-state index contributed by atoms with van der Waals surface area (Å²) >= 11 is 0. The van der Waals surface area contributed by atoms with Gasteiger partial charge in [0.2, 0.25) is 5.91 Å². The molecule has 0 aliphatic rings. The van der Waals surface area contributed by atoms with Crippen LogP contribution in [0.1, 0.15) is 58.9 Å². The molecule has 0 spiro atoms. The van der Waals surface area contributed by atoms with Crippen LogP contribution < -0.4 is 11.1 Å². The molecule has 0 bridgehead atoms. The number of H-pyrrole nitrogens is 1. The number of hydrogen-bond acceptors (Lipinski definition) is 5. The lowest BCUT2D eigenvalue weighted by Crippen LogP contribution is -2.65. The average molecular weight is 475 g/mol. The molecule has 1 aromatic carbocycles. The van der Waals surface area contributed by atoms with Gasteiger partial charge < -0.3 is 25.5 Å². The van der Waals surface area contributed by atoms with Gasteiger partial charge in [0.25, 0.3) is 0 Å². The lowest BCUT2D eigenvalue weighted by molar-refractivity contribution is -0.409. The summed E-state index contributed by atoms with van der Waals surface area (Å²) in [5.74, 6) is -0.343. The second kappa shape index (κ2) is 13.7. The molecule has 0 aliphatic carbocycles. The maximum absolute atomic E-state index is 12.8. The summed E-state index contributed by atoms with van der Waals surface area (Å²) in [7, 11) is 0. The second-order valence-electron chi connectivity index (χ2n) is 9.62. The fourth-order valence-electron chi connectivity index (χ4n) is 3.41. The van der Waals surface area contributed by atoms with Crippen molar-refractivity contribution in [2.24, 2.45) is 11.8 Å². The van der Waals surface area contributed by atoms with E-state index in [1.54, 1.807) is 0 Å². The predicted molar refractivity (Wildman–Crippen MR) is 131 cm³/mol. The van der Waals surface area contributed by atoms with Gasteiger partial charge in [-0.2, -0.15) is 0 Å². The molecule has 0 fully saturated rings. The van der Waals surface area contributed by atoms with E-state index in [0.717, 1.165) is 29.3 Å². The largest absolute Gasteiger partial charge is 0.464 e. The fourth-order valence-corrected chi connectivity index (χ4v) is 3.41. The van der Waals surface area contributed by atoms with Crippen LogP contribution in [0.3, 0.4) is 0 Å². The molecule has 2 aromatic rings. The number of hydrogen-bond donors (Lipinski definition) is 3. The number of benzene rings is 1. The summed E-state index contributed by atoms with van der Waals surface area (Å²) in [4.78, 5) is 40.7. The number of carbonyl (C=O) groups excluding carboxylic acids is 3. The number of aromatic nitrogens is 1. The average Bonchev–Trinajstić information content (AvgIpc) is 3.19. The zero-order valence-corrected chi connectivity index (χ0v) is 20.9. The molecule has 0 saturated heterocycles. The molecule has 34 heavy (non-hydrogen) atoms. The van der Waals surface area contributed by atoms with E-state index >= 15 is 0 Å². The number of rotatable bonds is 14. The number of para-hydroxylation sites is 1. The molecule has 1 aromatic heterocycles. The van der Waals surface area contributed by atoms with Crippen molar-refractivity contribution >= 4 is 28.7 Å². The van der Waals surface area contributed by atoms with E-state index < -0.39 is 24.0 Å². The summed E-state index contributed by atoms with van der Waals surface area (Å²) in [5, 5.41) is 3.80. The zero-order chi connectivity index (χ0) is 25.1. The molecule has 2 rings (SSSR count). The summed E-state index contributed by atoms with van der Waals surface area (Å²) < 4.78 is 10.7. The highest BCUT2D eigenvalue weighted by Crippen LogP contribution is 2.19. The van der Waals surface area contributed by atoms with Gasteiger partial charge in [-0.25, -0.2) is 9.59 Å². The first-order valence-corrected chi connectivity index (χ1v) is 12.2. The Labute approximate surface area is 201 Å². The number of fused-ring (bicyclic) bond motifs is 1. The van der Waals surface area contributed by atoms with Gasteiger partial charge in [0.1, 0.15) is 6.04 Å². The standard InChI is InChI=1S/C26H39N3O5/c1-17(2)11-13-33-25(31)21(27)9-10-24(30)29-23(26(32)34-14-12-18(3)4)15-19-16-28-22-8-6-5-7-20(19)22/h5-8,16-18,21,23,28H,9-15,27H2,1-4H3,(H,29,30)/p+1/t21-,23-/m1/s1. The Morgan fingerprint density at radius 1 is 0.941 bits per heavy atom. The van der Waals surface area contributed by atoms with Crippen molar-refractivity contribution < 1.29 is 29.6 Å². The topological polar surface area (TPSA) is 125 Å². The molecular formula is C26H40N3O5+. The van der Waals surface area contributed by atoms with Crippen molar-refractivity contribution in [1.29, 1.82) is 0 Å². The molecule has 0 unspecified atom stereocenters. The molecular weight excluding hydrogens is 434 g/mol. The smallest absolute Gasteiger partial charge is 0.364 e. The lowest BCUT2D eigenvalue weighted by atomic mass is 10.0.